The van der Waals surface area contributed by atoms with Gasteiger partial charge in [-0.2, -0.15) is 4.98 Å². The van der Waals surface area contributed by atoms with Gasteiger partial charge in [-0.1, -0.05) is 6.07 Å². The van der Waals surface area contributed by atoms with Crippen molar-refractivity contribution in [2.45, 2.75) is 18.9 Å². The van der Waals surface area contributed by atoms with E-state index in [9.17, 15) is 9.90 Å². The predicted molar refractivity (Wildman–Crippen MR) is 88.6 cm³/mol. The number of hydrogen-bond acceptors (Lipinski definition) is 7. The monoisotopic (exact) mass is 342 g/mol. The summed E-state index contributed by atoms with van der Waals surface area (Å²) in [4.78, 5) is 30.5. The number of aliphatic carboxylic acids is 1. The Hall–Kier alpha value is -2.58. The highest BCUT2D eigenvalue weighted by Gasteiger charge is 2.33. The smallest absolute Gasteiger partial charge is 0.324 e. The molecule has 1 aliphatic heterocycles. The van der Waals surface area contributed by atoms with Gasteiger partial charge in [-0.3, -0.25) is 9.78 Å². The maximum Gasteiger partial charge on any atom is 0.324 e. The number of pyridine rings is 1. The fraction of sp³-hybridized carbons (Fsp3) is 0.250. The van der Waals surface area contributed by atoms with E-state index < -0.39 is 12.0 Å². The molecule has 0 radical (unpaired) electrons. The third kappa shape index (κ3) is 2.70. The zero-order chi connectivity index (χ0) is 16.5. The maximum atomic E-state index is 11.3. The van der Waals surface area contributed by atoms with Gasteiger partial charge in [0.2, 0.25) is 0 Å². The van der Waals surface area contributed by atoms with Crippen molar-refractivity contribution >= 4 is 27.5 Å². The van der Waals surface area contributed by atoms with E-state index in [4.69, 9.17) is 4.84 Å². The minimum atomic E-state index is -0.881. The van der Waals surface area contributed by atoms with Crippen molar-refractivity contribution in [3.63, 3.8) is 0 Å². The molecule has 3 aromatic rings. The van der Waals surface area contributed by atoms with Crippen molar-refractivity contribution in [3.05, 3.63) is 35.8 Å². The van der Waals surface area contributed by atoms with Crippen LogP contribution in [0.3, 0.4) is 0 Å². The second-order valence-electron chi connectivity index (χ2n) is 5.43. The largest absolute Gasteiger partial charge is 0.480 e. The minimum absolute atomic E-state index is 0.379. The molecule has 1 saturated heterocycles. The second kappa shape index (κ2) is 6.14. The molecular weight excluding hydrogens is 328 g/mol. The quantitative estimate of drug-likeness (QED) is 0.779. The lowest BCUT2D eigenvalue weighted by Crippen LogP contribution is -2.38. The Bertz CT molecular complexity index is 883. The van der Waals surface area contributed by atoms with E-state index in [2.05, 4.69) is 15.0 Å². The Balaban J connectivity index is 1.74. The van der Waals surface area contributed by atoms with E-state index in [0.29, 0.717) is 30.4 Å². The van der Waals surface area contributed by atoms with E-state index in [1.165, 1.54) is 16.4 Å². The van der Waals surface area contributed by atoms with Gasteiger partial charge in [-0.05, 0) is 36.4 Å². The van der Waals surface area contributed by atoms with Crippen molar-refractivity contribution in [1.29, 1.82) is 0 Å². The van der Waals surface area contributed by atoms with Crippen molar-refractivity contribution in [2.75, 3.05) is 6.54 Å². The summed E-state index contributed by atoms with van der Waals surface area (Å²) in [5.41, 5.74) is 1.41. The highest BCUT2D eigenvalue weighted by molar-refractivity contribution is 7.17. The first-order valence-corrected chi connectivity index (χ1v) is 8.44. The first-order valence-electron chi connectivity index (χ1n) is 7.56. The van der Waals surface area contributed by atoms with Gasteiger partial charge >= 0.3 is 5.97 Å². The number of rotatable bonds is 4. The fourth-order valence-corrected chi connectivity index (χ4v) is 3.47. The first kappa shape index (κ1) is 15.0. The normalized spacial score (nSPS) is 18.1. The molecule has 0 spiro atoms. The van der Waals surface area contributed by atoms with Gasteiger partial charge in [0.25, 0.3) is 5.88 Å². The Labute approximate surface area is 141 Å². The summed E-state index contributed by atoms with van der Waals surface area (Å²) in [6.45, 7) is 0.562. The summed E-state index contributed by atoms with van der Waals surface area (Å²) in [5.74, 6) is -0.0414. The van der Waals surface area contributed by atoms with Gasteiger partial charge in [-0.15, -0.1) is 16.4 Å². The van der Waals surface area contributed by atoms with E-state index in [0.717, 1.165) is 16.6 Å². The third-order valence-corrected chi connectivity index (χ3v) is 4.75. The van der Waals surface area contributed by atoms with Crippen LogP contribution in [-0.4, -0.2) is 43.7 Å². The average Bonchev–Trinajstić information content (AvgIpc) is 3.24. The SMILES string of the molecule is O=C(O)C1CCCN1Oc1nc(-c2ccccn2)nc2ccsc12. The van der Waals surface area contributed by atoms with Crippen molar-refractivity contribution < 1.29 is 14.7 Å². The van der Waals surface area contributed by atoms with Gasteiger partial charge in [-0.25, -0.2) is 4.98 Å². The van der Waals surface area contributed by atoms with Crippen LogP contribution in [0.25, 0.3) is 21.7 Å². The van der Waals surface area contributed by atoms with Crippen LogP contribution in [0.2, 0.25) is 0 Å². The maximum absolute atomic E-state index is 11.3. The van der Waals surface area contributed by atoms with Crippen LogP contribution in [0.15, 0.2) is 35.8 Å². The van der Waals surface area contributed by atoms with Crippen LogP contribution in [0.4, 0.5) is 0 Å². The molecule has 0 aromatic carbocycles. The van der Waals surface area contributed by atoms with Crippen LogP contribution in [0, 0.1) is 0 Å². The molecule has 4 heterocycles. The molecule has 0 saturated carbocycles. The van der Waals surface area contributed by atoms with E-state index in [-0.39, 0.29) is 0 Å². The van der Waals surface area contributed by atoms with Crippen LogP contribution in [0.5, 0.6) is 5.88 Å². The number of nitrogens with zero attached hydrogens (tertiary/aromatic N) is 4. The van der Waals surface area contributed by atoms with Gasteiger partial charge < -0.3 is 9.94 Å². The summed E-state index contributed by atoms with van der Waals surface area (Å²) in [5, 5.41) is 12.7. The van der Waals surface area contributed by atoms with Crippen LogP contribution < -0.4 is 4.84 Å². The number of thiophene rings is 1. The number of carbonyl (C=O) groups is 1. The zero-order valence-electron chi connectivity index (χ0n) is 12.6. The van der Waals surface area contributed by atoms with Crippen LogP contribution in [-0.2, 0) is 4.79 Å². The topological polar surface area (TPSA) is 88.4 Å². The Morgan fingerprint density at radius 2 is 2.25 bits per heavy atom. The number of aromatic nitrogens is 3. The average molecular weight is 342 g/mol. The number of carboxylic acid groups (broad SMARTS) is 1. The number of hydrogen-bond donors (Lipinski definition) is 1. The van der Waals surface area contributed by atoms with Gasteiger partial charge in [0.1, 0.15) is 16.4 Å². The standard InChI is InChI=1S/C16H14N4O3S/c21-16(22)12-5-3-8-20(12)23-15-13-10(6-9-24-13)18-14(19-15)11-4-1-2-7-17-11/h1-2,4,6-7,9,12H,3,5,8H2,(H,21,22). The van der Waals surface area contributed by atoms with Gasteiger partial charge in [0, 0.05) is 12.7 Å². The molecule has 0 bridgehead atoms. The lowest BCUT2D eigenvalue weighted by molar-refractivity contribution is -0.155. The molecular formula is C16H14N4O3S. The molecule has 24 heavy (non-hydrogen) atoms. The molecule has 1 fully saturated rings. The first-order chi connectivity index (χ1) is 11.7. The third-order valence-electron chi connectivity index (χ3n) is 3.86. The summed E-state index contributed by atoms with van der Waals surface area (Å²) in [6.07, 6.45) is 3.03. The highest BCUT2D eigenvalue weighted by Crippen LogP contribution is 2.32. The van der Waals surface area contributed by atoms with E-state index in [1.807, 2.05) is 29.6 Å². The number of carboxylic acids is 1. The Morgan fingerprint density at radius 1 is 1.33 bits per heavy atom. The zero-order valence-corrected chi connectivity index (χ0v) is 13.4. The molecule has 1 N–H and O–H groups in total. The molecule has 0 amide bonds. The van der Waals surface area contributed by atoms with E-state index >= 15 is 0 Å². The van der Waals surface area contributed by atoms with Gasteiger partial charge in [0.15, 0.2) is 5.82 Å². The molecule has 122 valence electrons. The second-order valence-corrected chi connectivity index (χ2v) is 6.35. The minimum Gasteiger partial charge on any atom is -0.480 e. The lowest BCUT2D eigenvalue weighted by atomic mass is 10.2. The van der Waals surface area contributed by atoms with E-state index in [1.54, 1.807) is 6.20 Å². The fourth-order valence-electron chi connectivity index (χ4n) is 2.72. The molecule has 4 rings (SSSR count). The molecule has 3 aromatic heterocycles. The molecule has 8 heteroatoms. The number of fused-ring (bicyclic) bond motifs is 1. The summed E-state index contributed by atoms with van der Waals surface area (Å²) < 4.78 is 0.797. The molecule has 1 unspecified atom stereocenters. The lowest BCUT2D eigenvalue weighted by Gasteiger charge is -2.20. The van der Waals surface area contributed by atoms with Gasteiger partial charge in [0.05, 0.1) is 5.52 Å². The summed E-state index contributed by atoms with van der Waals surface area (Å²) >= 11 is 1.47. The molecule has 7 nitrogen and oxygen atoms in total. The molecule has 1 aliphatic rings. The summed E-state index contributed by atoms with van der Waals surface area (Å²) in [7, 11) is 0. The van der Waals surface area contributed by atoms with Crippen LogP contribution in [0.1, 0.15) is 12.8 Å². The van der Waals surface area contributed by atoms with Crippen molar-refractivity contribution in [3.8, 4) is 17.4 Å². The van der Waals surface area contributed by atoms with Crippen molar-refractivity contribution in [2.24, 2.45) is 0 Å². The molecule has 0 aliphatic carbocycles. The van der Waals surface area contributed by atoms with Crippen LogP contribution >= 0.6 is 11.3 Å². The van der Waals surface area contributed by atoms with Crippen molar-refractivity contribution in [1.82, 2.24) is 20.0 Å². The highest BCUT2D eigenvalue weighted by atomic mass is 32.1. The Kier molecular flexibility index (Phi) is 3.83. The predicted octanol–water partition coefficient (Wildman–Crippen LogP) is 2.60. The Morgan fingerprint density at radius 3 is 3.04 bits per heavy atom. The summed E-state index contributed by atoms with van der Waals surface area (Å²) in [6, 6.07) is 6.76. The number of hydroxylamine groups is 2. The molecule has 1 atom stereocenters.